The lowest BCUT2D eigenvalue weighted by molar-refractivity contribution is -0.128. The molecule has 2 N–H and O–H groups in total. The molecule has 3 rings (SSSR count). The number of Topliss-reactive ketones (excluding diaryl/α,β-unsaturated/α-hetero) is 1. The molecule has 154 valence electrons. The largest absolute Gasteiger partial charge is 0.292 e. The first-order chi connectivity index (χ1) is 13.8. The zero-order valence-corrected chi connectivity index (χ0v) is 17.1. The average molecular weight is 437 g/mol. The summed E-state index contributed by atoms with van der Waals surface area (Å²) in [6.45, 7) is 0.215. The number of hydroxylamine groups is 1. The maximum absolute atomic E-state index is 13.4. The van der Waals surface area contributed by atoms with Crippen LogP contribution < -0.4 is 5.48 Å². The molecule has 1 aliphatic rings. The molecule has 0 aromatic heterocycles. The van der Waals surface area contributed by atoms with Gasteiger partial charge in [0.05, 0.1) is 17.4 Å². The van der Waals surface area contributed by atoms with Crippen molar-refractivity contribution in [3.63, 3.8) is 0 Å². The van der Waals surface area contributed by atoms with Gasteiger partial charge in [0, 0.05) is 17.1 Å². The summed E-state index contributed by atoms with van der Waals surface area (Å²) in [6.07, 6.45) is 1.50. The molecule has 1 heterocycles. The minimum atomic E-state index is -4.03. The number of halogens is 1. The third-order valence-corrected chi connectivity index (χ3v) is 7.18. The van der Waals surface area contributed by atoms with Gasteiger partial charge in [-0.15, -0.1) is 0 Å². The molecule has 1 atom stereocenters. The van der Waals surface area contributed by atoms with E-state index in [9.17, 15) is 18.0 Å². The molecule has 2 aromatic carbocycles. The van der Waals surface area contributed by atoms with Gasteiger partial charge in [-0.05, 0) is 48.7 Å². The van der Waals surface area contributed by atoms with Crippen LogP contribution >= 0.6 is 11.6 Å². The van der Waals surface area contributed by atoms with Gasteiger partial charge in [-0.25, -0.2) is 13.9 Å². The van der Waals surface area contributed by atoms with Crippen molar-refractivity contribution in [2.45, 2.75) is 36.6 Å². The van der Waals surface area contributed by atoms with Gasteiger partial charge >= 0.3 is 0 Å². The Hall–Kier alpha value is -2.26. The quantitative estimate of drug-likeness (QED) is 0.411. The monoisotopic (exact) mass is 436 g/mol. The second-order valence-electron chi connectivity index (χ2n) is 6.82. The fraction of sp³-hybridized carbons (Fsp3) is 0.300. The van der Waals surface area contributed by atoms with Gasteiger partial charge in [-0.2, -0.15) is 4.31 Å². The molecule has 1 amide bonds. The lowest BCUT2D eigenvalue weighted by Crippen LogP contribution is -2.48. The molecule has 0 spiro atoms. The molecule has 1 unspecified atom stereocenters. The molecule has 0 aliphatic carbocycles. The number of nitrogens with one attached hydrogen (secondary N) is 1. The van der Waals surface area contributed by atoms with Crippen molar-refractivity contribution in [1.29, 1.82) is 0 Å². The number of carbonyl (C=O) groups excluding carboxylic acids is 2. The number of nitrogens with zero attached hydrogens (tertiary/aromatic N) is 1. The minimum absolute atomic E-state index is 0.0422. The Kier molecular flexibility index (Phi) is 6.69. The van der Waals surface area contributed by atoms with Gasteiger partial charge in [-0.3, -0.25) is 14.8 Å². The molecule has 0 saturated carbocycles. The average Bonchev–Trinajstić information content (AvgIpc) is 2.74. The number of hydrogen-bond donors (Lipinski definition) is 2. The van der Waals surface area contributed by atoms with Crippen molar-refractivity contribution in [2.24, 2.45) is 0 Å². The molecule has 0 bridgehead atoms. The van der Waals surface area contributed by atoms with E-state index < -0.39 is 22.0 Å². The third-order valence-electron chi connectivity index (χ3n) is 4.92. The van der Waals surface area contributed by atoms with E-state index in [2.05, 4.69) is 0 Å². The molecule has 1 fully saturated rings. The van der Waals surface area contributed by atoms with Gasteiger partial charge in [0.25, 0.3) is 0 Å². The predicted molar refractivity (Wildman–Crippen MR) is 107 cm³/mol. The van der Waals surface area contributed by atoms with Crippen LogP contribution in [0.4, 0.5) is 0 Å². The second-order valence-corrected chi connectivity index (χ2v) is 9.11. The van der Waals surface area contributed by atoms with Crippen LogP contribution in [0.25, 0.3) is 0 Å². The van der Waals surface area contributed by atoms with Crippen molar-refractivity contribution >= 4 is 33.3 Å². The van der Waals surface area contributed by atoms with Crippen molar-refractivity contribution in [1.82, 2.24) is 9.79 Å². The molecule has 29 heavy (non-hydrogen) atoms. The van der Waals surface area contributed by atoms with Crippen LogP contribution in [0.1, 0.15) is 35.2 Å². The first-order valence-corrected chi connectivity index (χ1v) is 11.0. The SMILES string of the molecule is O=C(Cc1ccccc1S(=O)(=O)N1CCCCC1C(=O)c1ccc(Cl)cc1)NO. The van der Waals surface area contributed by atoms with Gasteiger partial charge < -0.3 is 0 Å². The summed E-state index contributed by atoms with van der Waals surface area (Å²) in [5, 5.41) is 9.28. The van der Waals surface area contributed by atoms with Gasteiger partial charge in [0.15, 0.2) is 5.78 Å². The maximum atomic E-state index is 13.4. The molecule has 7 nitrogen and oxygen atoms in total. The van der Waals surface area contributed by atoms with Crippen LogP contribution in [0.2, 0.25) is 5.02 Å². The topological polar surface area (TPSA) is 104 Å². The highest BCUT2D eigenvalue weighted by atomic mass is 35.5. The first kappa shape index (κ1) is 21.4. The molecular formula is C20H21ClN2O5S. The van der Waals surface area contributed by atoms with Gasteiger partial charge in [0.1, 0.15) is 0 Å². The van der Waals surface area contributed by atoms with Crippen LogP contribution in [0, 0.1) is 0 Å². The summed E-state index contributed by atoms with van der Waals surface area (Å²) in [5.74, 6) is -1.00. The highest BCUT2D eigenvalue weighted by Crippen LogP contribution is 2.29. The Morgan fingerprint density at radius 1 is 1.10 bits per heavy atom. The van der Waals surface area contributed by atoms with Crippen LogP contribution in [0.3, 0.4) is 0 Å². The number of piperidine rings is 1. The van der Waals surface area contributed by atoms with Crippen LogP contribution in [-0.2, 0) is 21.2 Å². The summed E-state index contributed by atoms with van der Waals surface area (Å²) < 4.78 is 28.1. The normalized spacial score (nSPS) is 17.7. The van der Waals surface area contributed by atoms with Gasteiger partial charge in [-0.1, -0.05) is 36.2 Å². The molecule has 1 aliphatic heterocycles. The first-order valence-electron chi connectivity index (χ1n) is 9.17. The predicted octanol–water partition coefficient (Wildman–Crippen LogP) is 2.81. The zero-order valence-electron chi connectivity index (χ0n) is 15.5. The Labute approximate surface area is 174 Å². The molecule has 2 aromatic rings. The number of hydrogen-bond acceptors (Lipinski definition) is 5. The van der Waals surface area contributed by atoms with E-state index in [1.165, 1.54) is 21.9 Å². The van der Waals surface area contributed by atoms with E-state index in [1.54, 1.807) is 36.4 Å². The van der Waals surface area contributed by atoms with E-state index >= 15 is 0 Å². The summed E-state index contributed by atoms with van der Waals surface area (Å²) in [7, 11) is -4.03. The lowest BCUT2D eigenvalue weighted by atomic mass is 9.96. The van der Waals surface area contributed by atoms with Crippen molar-refractivity contribution in [3.05, 3.63) is 64.7 Å². The maximum Gasteiger partial charge on any atom is 0.247 e. The Bertz CT molecular complexity index is 1010. The molecule has 9 heteroatoms. The minimum Gasteiger partial charge on any atom is -0.292 e. The summed E-state index contributed by atoms with van der Waals surface area (Å²) >= 11 is 5.89. The van der Waals surface area contributed by atoms with E-state index in [0.29, 0.717) is 23.4 Å². The smallest absolute Gasteiger partial charge is 0.247 e. The van der Waals surface area contributed by atoms with E-state index in [-0.39, 0.29) is 29.2 Å². The van der Waals surface area contributed by atoms with Crippen LogP contribution in [0.5, 0.6) is 0 Å². The Balaban J connectivity index is 1.97. The van der Waals surface area contributed by atoms with E-state index in [4.69, 9.17) is 16.8 Å². The lowest BCUT2D eigenvalue weighted by Gasteiger charge is -2.34. The number of amides is 1. The molecule has 0 radical (unpaired) electrons. The Morgan fingerprint density at radius 3 is 2.48 bits per heavy atom. The molecular weight excluding hydrogens is 416 g/mol. The van der Waals surface area contributed by atoms with Crippen LogP contribution in [-0.4, -0.2) is 42.2 Å². The Morgan fingerprint density at radius 2 is 1.79 bits per heavy atom. The van der Waals surface area contributed by atoms with E-state index in [1.807, 2.05) is 0 Å². The fourth-order valence-corrected chi connectivity index (χ4v) is 5.51. The number of carbonyl (C=O) groups is 2. The summed E-state index contributed by atoms with van der Waals surface area (Å²) in [5.41, 5.74) is 2.16. The highest BCUT2D eigenvalue weighted by molar-refractivity contribution is 7.89. The molecule has 1 saturated heterocycles. The summed E-state index contributed by atoms with van der Waals surface area (Å²) in [6, 6.07) is 11.6. The number of benzene rings is 2. The van der Waals surface area contributed by atoms with Crippen molar-refractivity contribution < 1.29 is 23.2 Å². The fourth-order valence-electron chi connectivity index (χ4n) is 3.50. The third kappa shape index (κ3) is 4.67. The number of sulfonamides is 1. The number of rotatable bonds is 6. The van der Waals surface area contributed by atoms with E-state index in [0.717, 1.165) is 6.42 Å². The standard InChI is InChI=1S/C20H21ClN2O5S/c21-16-10-8-14(9-11-16)20(25)17-6-3-4-12-23(17)29(27,28)18-7-2-1-5-15(18)13-19(24)22-26/h1-2,5,7-11,17,26H,3-4,6,12-13H2,(H,22,24). The number of ketones is 1. The summed E-state index contributed by atoms with van der Waals surface area (Å²) in [4.78, 5) is 24.6. The zero-order chi connectivity index (χ0) is 21.0. The van der Waals surface area contributed by atoms with Crippen molar-refractivity contribution in [3.8, 4) is 0 Å². The second kappa shape index (κ2) is 9.04. The van der Waals surface area contributed by atoms with Crippen molar-refractivity contribution in [2.75, 3.05) is 6.54 Å². The highest BCUT2D eigenvalue weighted by Gasteiger charge is 2.38. The van der Waals surface area contributed by atoms with Crippen LogP contribution in [0.15, 0.2) is 53.4 Å². The van der Waals surface area contributed by atoms with Gasteiger partial charge in [0.2, 0.25) is 15.9 Å².